The molecule has 1 amide bonds. The molecule has 10 heteroatoms. The van der Waals surface area contributed by atoms with E-state index in [1.807, 2.05) is 0 Å². The molecule has 2 heterocycles. The Morgan fingerprint density at radius 1 is 1.39 bits per heavy atom. The van der Waals surface area contributed by atoms with Crippen LogP contribution >= 0.6 is 46.9 Å². The molecule has 5 nitrogen and oxygen atoms in total. The van der Waals surface area contributed by atoms with Crippen molar-refractivity contribution in [2.45, 2.75) is 12.5 Å². The number of amides is 1. The molecule has 2 aromatic heterocycles. The lowest BCUT2D eigenvalue weighted by Crippen LogP contribution is -2.41. The summed E-state index contributed by atoms with van der Waals surface area (Å²) in [6.45, 7) is 0.224. The molecule has 0 aliphatic rings. The highest BCUT2D eigenvalue weighted by Crippen LogP contribution is 2.38. The molecule has 3 rings (SSSR count). The molecule has 1 atom stereocenters. The SMILES string of the molecule is Cl.Cn1ncc(Cl)c1-c1cc(C(=O)NC(CN)Cc2cccc(F)c2)sc1Cl. The summed E-state index contributed by atoms with van der Waals surface area (Å²) in [5.74, 6) is -0.615. The van der Waals surface area contributed by atoms with Crippen molar-refractivity contribution in [3.63, 3.8) is 0 Å². The van der Waals surface area contributed by atoms with E-state index in [4.69, 9.17) is 28.9 Å². The summed E-state index contributed by atoms with van der Waals surface area (Å²) in [6.07, 6.45) is 1.95. The quantitative estimate of drug-likeness (QED) is 0.572. The van der Waals surface area contributed by atoms with Crippen LogP contribution in [0.25, 0.3) is 11.3 Å². The van der Waals surface area contributed by atoms with Gasteiger partial charge < -0.3 is 11.1 Å². The molecule has 3 N–H and O–H groups in total. The first-order valence-electron chi connectivity index (χ1n) is 8.11. The molecule has 150 valence electrons. The Hall–Kier alpha value is -1.64. The number of carbonyl (C=O) groups excluding carboxylic acids is 1. The molecule has 0 aliphatic heterocycles. The van der Waals surface area contributed by atoms with E-state index >= 15 is 0 Å². The maximum absolute atomic E-state index is 13.3. The summed E-state index contributed by atoms with van der Waals surface area (Å²) in [7, 11) is 1.75. The second kappa shape index (κ2) is 9.71. The average Bonchev–Trinajstić information content (AvgIpc) is 3.16. The van der Waals surface area contributed by atoms with Gasteiger partial charge in [0, 0.05) is 25.2 Å². The average molecular weight is 464 g/mol. The standard InChI is InChI=1S/C18H17Cl2FN4OS.ClH/c1-25-16(14(19)9-23-25)13-7-15(27-17(13)20)18(26)24-12(8-22)6-10-3-2-4-11(21)5-10;/h2-5,7,9,12H,6,8,22H2,1H3,(H,24,26);1H. The van der Waals surface area contributed by atoms with Gasteiger partial charge in [0.25, 0.3) is 5.91 Å². The predicted molar refractivity (Wildman–Crippen MR) is 114 cm³/mol. The summed E-state index contributed by atoms with van der Waals surface area (Å²) in [4.78, 5) is 13.1. The van der Waals surface area contributed by atoms with Crippen LogP contribution < -0.4 is 11.1 Å². The fraction of sp³-hybridized carbons (Fsp3) is 0.222. The zero-order valence-corrected chi connectivity index (χ0v) is 17.9. The Morgan fingerprint density at radius 2 is 2.14 bits per heavy atom. The second-order valence-corrected chi connectivity index (χ2v) is 8.06. The van der Waals surface area contributed by atoms with Gasteiger partial charge in [-0.15, -0.1) is 23.7 Å². The van der Waals surface area contributed by atoms with Crippen molar-refractivity contribution in [3.05, 3.63) is 62.1 Å². The van der Waals surface area contributed by atoms with E-state index in [9.17, 15) is 9.18 Å². The summed E-state index contributed by atoms with van der Waals surface area (Å²) in [6, 6.07) is 7.58. The first kappa shape index (κ1) is 22.6. The molecule has 1 aromatic carbocycles. The molecule has 3 aromatic rings. The third kappa shape index (κ3) is 5.04. The first-order valence-corrected chi connectivity index (χ1v) is 9.69. The highest BCUT2D eigenvalue weighted by molar-refractivity contribution is 7.18. The molecule has 0 aliphatic carbocycles. The van der Waals surface area contributed by atoms with Gasteiger partial charge in [-0.05, 0) is 30.2 Å². The number of nitrogens with one attached hydrogen (secondary N) is 1. The zero-order valence-electron chi connectivity index (χ0n) is 14.8. The third-order valence-electron chi connectivity index (χ3n) is 4.05. The normalized spacial score (nSPS) is 11.8. The lowest BCUT2D eigenvalue weighted by molar-refractivity contribution is 0.0942. The Bertz CT molecular complexity index is 956. The van der Waals surface area contributed by atoms with Gasteiger partial charge in [0.2, 0.25) is 0 Å². The summed E-state index contributed by atoms with van der Waals surface area (Å²) < 4.78 is 15.4. The monoisotopic (exact) mass is 462 g/mol. The fourth-order valence-corrected chi connectivity index (χ4v) is 4.20. The van der Waals surface area contributed by atoms with Crippen LogP contribution in [-0.2, 0) is 13.5 Å². The van der Waals surface area contributed by atoms with Crippen molar-refractivity contribution in [1.29, 1.82) is 0 Å². The van der Waals surface area contributed by atoms with Crippen molar-refractivity contribution in [2.75, 3.05) is 6.54 Å². The summed E-state index contributed by atoms with van der Waals surface area (Å²) >= 11 is 13.6. The fourth-order valence-electron chi connectivity index (χ4n) is 2.75. The molecule has 0 spiro atoms. The van der Waals surface area contributed by atoms with Gasteiger partial charge in [-0.3, -0.25) is 9.48 Å². The van der Waals surface area contributed by atoms with Gasteiger partial charge in [-0.2, -0.15) is 5.10 Å². The van der Waals surface area contributed by atoms with Gasteiger partial charge in [-0.1, -0.05) is 35.3 Å². The number of carbonyl (C=O) groups is 1. The Balaban J connectivity index is 0.00000280. The number of rotatable bonds is 6. The van der Waals surface area contributed by atoms with Gasteiger partial charge in [0.15, 0.2) is 0 Å². The summed E-state index contributed by atoms with van der Waals surface area (Å²) in [5.41, 5.74) is 7.83. The maximum atomic E-state index is 13.3. The lowest BCUT2D eigenvalue weighted by atomic mass is 10.1. The maximum Gasteiger partial charge on any atom is 0.261 e. The van der Waals surface area contributed by atoms with Crippen LogP contribution in [0.1, 0.15) is 15.2 Å². The Labute approximate surface area is 182 Å². The Kier molecular flexibility index (Phi) is 7.86. The van der Waals surface area contributed by atoms with Crippen molar-refractivity contribution < 1.29 is 9.18 Å². The molecule has 0 fully saturated rings. The first-order chi connectivity index (χ1) is 12.9. The molecular formula is C18H18Cl3FN4OS. The van der Waals surface area contributed by atoms with Gasteiger partial charge in [0.05, 0.1) is 21.8 Å². The van der Waals surface area contributed by atoms with E-state index < -0.39 is 0 Å². The van der Waals surface area contributed by atoms with Crippen molar-refractivity contribution in [1.82, 2.24) is 15.1 Å². The van der Waals surface area contributed by atoms with Crippen molar-refractivity contribution in [3.8, 4) is 11.3 Å². The van der Waals surface area contributed by atoms with Crippen LogP contribution in [0.2, 0.25) is 9.36 Å². The highest BCUT2D eigenvalue weighted by atomic mass is 35.5. The van der Waals surface area contributed by atoms with Crippen molar-refractivity contribution >= 4 is 52.9 Å². The number of thiophene rings is 1. The van der Waals surface area contributed by atoms with Crippen LogP contribution in [0, 0.1) is 5.82 Å². The van der Waals surface area contributed by atoms with Gasteiger partial charge in [-0.25, -0.2) is 4.39 Å². The number of nitrogens with two attached hydrogens (primary N) is 1. The van der Waals surface area contributed by atoms with E-state index in [0.29, 0.717) is 31.9 Å². The minimum absolute atomic E-state index is 0. The largest absolute Gasteiger partial charge is 0.347 e. The lowest BCUT2D eigenvalue weighted by Gasteiger charge is -2.16. The number of halogens is 4. The van der Waals surface area contributed by atoms with E-state index in [1.165, 1.54) is 18.3 Å². The third-order valence-corrected chi connectivity index (χ3v) is 5.68. The van der Waals surface area contributed by atoms with Gasteiger partial charge >= 0.3 is 0 Å². The van der Waals surface area contributed by atoms with Crippen molar-refractivity contribution in [2.24, 2.45) is 12.8 Å². The minimum Gasteiger partial charge on any atom is -0.347 e. The van der Waals surface area contributed by atoms with Crippen LogP contribution in [0.5, 0.6) is 0 Å². The molecule has 0 radical (unpaired) electrons. The van der Waals surface area contributed by atoms with E-state index in [-0.39, 0.29) is 36.7 Å². The Morgan fingerprint density at radius 3 is 2.75 bits per heavy atom. The number of nitrogens with zero attached hydrogens (tertiary/aromatic N) is 2. The molecule has 0 saturated heterocycles. The van der Waals surface area contributed by atoms with Gasteiger partial charge in [0.1, 0.15) is 10.2 Å². The molecular weight excluding hydrogens is 446 g/mol. The van der Waals surface area contributed by atoms with Crippen LogP contribution in [0.4, 0.5) is 4.39 Å². The number of aromatic nitrogens is 2. The molecule has 28 heavy (non-hydrogen) atoms. The number of aryl methyl sites for hydroxylation is 1. The number of hydrogen-bond donors (Lipinski definition) is 2. The van der Waals surface area contributed by atoms with E-state index in [0.717, 1.165) is 16.9 Å². The van der Waals surface area contributed by atoms with E-state index in [1.54, 1.807) is 29.9 Å². The zero-order chi connectivity index (χ0) is 19.6. The highest BCUT2D eigenvalue weighted by Gasteiger charge is 2.21. The van der Waals surface area contributed by atoms with Crippen LogP contribution in [0.3, 0.4) is 0 Å². The number of hydrogen-bond acceptors (Lipinski definition) is 4. The van der Waals surface area contributed by atoms with Crippen LogP contribution in [-0.4, -0.2) is 28.3 Å². The molecule has 0 bridgehead atoms. The summed E-state index contributed by atoms with van der Waals surface area (Å²) in [5, 5.41) is 7.42. The van der Waals surface area contributed by atoms with E-state index in [2.05, 4.69) is 10.4 Å². The van der Waals surface area contributed by atoms with Crippen LogP contribution in [0.15, 0.2) is 36.5 Å². The predicted octanol–water partition coefficient (Wildman–Crippen LogP) is 4.32. The topological polar surface area (TPSA) is 72.9 Å². The number of benzene rings is 1. The second-order valence-electron chi connectivity index (χ2n) is 6.00. The minimum atomic E-state index is -0.330. The molecule has 1 unspecified atom stereocenters. The molecule has 0 saturated carbocycles. The smallest absolute Gasteiger partial charge is 0.261 e.